The van der Waals surface area contributed by atoms with Crippen LogP contribution in [0.2, 0.25) is 0 Å². The van der Waals surface area contributed by atoms with Gasteiger partial charge in [-0.15, -0.1) is 0 Å². The topological polar surface area (TPSA) is 57.7 Å². The van der Waals surface area contributed by atoms with Gasteiger partial charge >= 0.3 is 0 Å². The van der Waals surface area contributed by atoms with Crippen molar-refractivity contribution in [3.8, 4) is 0 Å². The van der Waals surface area contributed by atoms with E-state index in [0.29, 0.717) is 23.7 Å². The molecule has 0 aliphatic carbocycles. The van der Waals surface area contributed by atoms with E-state index >= 15 is 0 Å². The number of fused-ring (bicyclic) bond motifs is 1. The van der Waals surface area contributed by atoms with Crippen LogP contribution in [0.25, 0.3) is 0 Å². The number of nitrogens with zero attached hydrogens (tertiary/aromatic N) is 2. The van der Waals surface area contributed by atoms with Crippen LogP contribution in [0.15, 0.2) is 83.8 Å². The van der Waals surface area contributed by atoms with Crippen LogP contribution >= 0.6 is 0 Å². The zero-order valence-electron chi connectivity index (χ0n) is 17.0. The largest absolute Gasteiger partial charge is 0.308 e. The molecule has 1 aliphatic heterocycles. The van der Waals surface area contributed by atoms with E-state index in [2.05, 4.69) is 13.0 Å². The van der Waals surface area contributed by atoms with E-state index in [1.54, 1.807) is 41.3 Å². The van der Waals surface area contributed by atoms with Crippen LogP contribution in [-0.4, -0.2) is 27.9 Å². The van der Waals surface area contributed by atoms with Gasteiger partial charge in [-0.2, -0.15) is 0 Å². The van der Waals surface area contributed by atoms with Crippen LogP contribution in [0, 0.1) is 0 Å². The summed E-state index contributed by atoms with van der Waals surface area (Å²) in [5.74, 6) is 0.199. The summed E-state index contributed by atoms with van der Waals surface area (Å²) in [6.45, 7) is 2.77. The lowest BCUT2D eigenvalue weighted by molar-refractivity contribution is 0.0984. The quantitative estimate of drug-likeness (QED) is 0.617. The maximum atomic E-state index is 13.3. The molecule has 1 atom stereocenters. The number of hydrogen-bond donors (Lipinski definition) is 0. The highest BCUT2D eigenvalue weighted by Crippen LogP contribution is 2.35. The van der Waals surface area contributed by atoms with Gasteiger partial charge in [0.1, 0.15) is 0 Å². The second kappa shape index (κ2) is 7.95. The summed E-state index contributed by atoms with van der Waals surface area (Å²) in [5.41, 5.74) is 2.97. The second-order valence-electron chi connectivity index (χ2n) is 7.54. The maximum absolute atomic E-state index is 13.3. The summed E-state index contributed by atoms with van der Waals surface area (Å²) in [6, 6.07) is 23.1. The highest BCUT2D eigenvalue weighted by molar-refractivity contribution is 7.92. The average molecular weight is 421 g/mol. The molecular formula is C24H24N2O3S. The van der Waals surface area contributed by atoms with Crippen LogP contribution in [0.1, 0.15) is 35.2 Å². The molecule has 154 valence electrons. The molecule has 0 radical (unpaired) electrons. The molecule has 1 amide bonds. The van der Waals surface area contributed by atoms with Crippen LogP contribution in [0.3, 0.4) is 0 Å². The first-order valence-corrected chi connectivity index (χ1v) is 11.4. The Bertz CT molecular complexity index is 1180. The molecule has 6 heteroatoms. The second-order valence-corrected chi connectivity index (χ2v) is 9.51. The molecule has 1 aliphatic rings. The summed E-state index contributed by atoms with van der Waals surface area (Å²) in [6.07, 6.45) is 0.873. The Morgan fingerprint density at radius 3 is 2.43 bits per heavy atom. The Labute approximate surface area is 177 Å². The number of amides is 1. The molecule has 0 saturated carbocycles. The third kappa shape index (κ3) is 3.59. The Morgan fingerprint density at radius 2 is 1.67 bits per heavy atom. The SMILES string of the molecule is CC1CCN(C(=O)c2cccc(S(=O)(=O)N(C)c3ccccc3)c2)c2ccccc21. The van der Waals surface area contributed by atoms with Crippen LogP contribution in [-0.2, 0) is 10.0 Å². The van der Waals surface area contributed by atoms with E-state index in [-0.39, 0.29) is 10.8 Å². The fraction of sp³-hybridized carbons (Fsp3) is 0.208. The lowest BCUT2D eigenvalue weighted by atomic mass is 9.91. The molecule has 5 nitrogen and oxygen atoms in total. The predicted octanol–water partition coefficient (Wildman–Crippen LogP) is 4.67. The first-order valence-electron chi connectivity index (χ1n) is 9.94. The van der Waals surface area contributed by atoms with Gasteiger partial charge in [0.15, 0.2) is 0 Å². The molecule has 0 saturated heterocycles. The first kappa shape index (κ1) is 20.2. The summed E-state index contributed by atoms with van der Waals surface area (Å²) in [7, 11) is -2.27. The zero-order valence-corrected chi connectivity index (χ0v) is 17.8. The number of anilines is 2. The Hall–Kier alpha value is -3.12. The van der Waals surface area contributed by atoms with Gasteiger partial charge in [0.2, 0.25) is 0 Å². The predicted molar refractivity (Wildman–Crippen MR) is 120 cm³/mol. The van der Waals surface area contributed by atoms with Crippen molar-refractivity contribution in [2.24, 2.45) is 0 Å². The van der Waals surface area contributed by atoms with E-state index in [1.165, 1.54) is 23.5 Å². The van der Waals surface area contributed by atoms with Crippen molar-refractivity contribution in [2.75, 3.05) is 22.8 Å². The molecular weight excluding hydrogens is 396 g/mol. The molecule has 0 aromatic heterocycles. The van der Waals surface area contributed by atoms with Crippen LogP contribution in [0.4, 0.5) is 11.4 Å². The van der Waals surface area contributed by atoms with E-state index in [1.807, 2.05) is 24.3 Å². The van der Waals surface area contributed by atoms with Crippen molar-refractivity contribution in [2.45, 2.75) is 24.2 Å². The van der Waals surface area contributed by atoms with Crippen molar-refractivity contribution >= 4 is 27.3 Å². The summed E-state index contributed by atoms with van der Waals surface area (Å²) in [5, 5.41) is 0. The van der Waals surface area contributed by atoms with Gasteiger partial charge in [-0.25, -0.2) is 8.42 Å². The standard InChI is InChI=1S/C24H24N2O3S/c1-18-15-16-26(23-14-7-6-13-22(18)23)24(27)19-9-8-12-21(17-19)30(28,29)25(2)20-10-4-3-5-11-20/h3-14,17-18H,15-16H2,1-2H3. The fourth-order valence-corrected chi connectivity index (χ4v) is 5.08. The van der Waals surface area contributed by atoms with E-state index in [4.69, 9.17) is 0 Å². The molecule has 1 heterocycles. The molecule has 0 N–H and O–H groups in total. The molecule has 3 aromatic rings. The Balaban J connectivity index is 1.67. The van der Waals surface area contributed by atoms with Crippen molar-refractivity contribution in [1.82, 2.24) is 0 Å². The third-order valence-electron chi connectivity index (χ3n) is 5.65. The van der Waals surface area contributed by atoms with Crippen molar-refractivity contribution < 1.29 is 13.2 Å². The van der Waals surface area contributed by atoms with E-state index < -0.39 is 10.0 Å². The molecule has 30 heavy (non-hydrogen) atoms. The maximum Gasteiger partial charge on any atom is 0.264 e. The van der Waals surface area contributed by atoms with E-state index in [0.717, 1.165) is 17.7 Å². The fourth-order valence-electron chi connectivity index (χ4n) is 3.84. The summed E-state index contributed by atoms with van der Waals surface area (Å²) < 4.78 is 27.5. The minimum absolute atomic E-state index is 0.0957. The van der Waals surface area contributed by atoms with E-state index in [9.17, 15) is 13.2 Å². The number of sulfonamides is 1. The minimum atomic E-state index is -3.79. The summed E-state index contributed by atoms with van der Waals surface area (Å²) in [4.78, 5) is 15.2. The molecule has 3 aromatic carbocycles. The Kier molecular flexibility index (Phi) is 5.35. The lowest BCUT2D eigenvalue weighted by Crippen LogP contribution is -2.36. The third-order valence-corrected chi connectivity index (χ3v) is 7.43. The molecule has 0 spiro atoms. The molecule has 0 fully saturated rings. The van der Waals surface area contributed by atoms with Crippen molar-refractivity contribution in [3.05, 3.63) is 90.0 Å². The zero-order chi connectivity index (χ0) is 21.3. The number of carbonyl (C=O) groups is 1. The number of rotatable bonds is 4. The molecule has 4 rings (SSSR count). The number of hydrogen-bond acceptors (Lipinski definition) is 3. The van der Waals surface area contributed by atoms with Gasteiger partial charge in [0, 0.05) is 24.8 Å². The first-order chi connectivity index (χ1) is 14.4. The van der Waals surface area contributed by atoms with Crippen molar-refractivity contribution in [3.63, 3.8) is 0 Å². The molecule has 0 bridgehead atoms. The van der Waals surface area contributed by atoms with Gasteiger partial charge < -0.3 is 4.90 Å². The minimum Gasteiger partial charge on any atom is -0.308 e. The Morgan fingerprint density at radius 1 is 0.967 bits per heavy atom. The van der Waals surface area contributed by atoms with Crippen LogP contribution in [0.5, 0.6) is 0 Å². The highest BCUT2D eigenvalue weighted by atomic mass is 32.2. The van der Waals surface area contributed by atoms with Gasteiger partial charge in [-0.05, 0) is 54.3 Å². The number of para-hydroxylation sites is 2. The molecule has 1 unspecified atom stereocenters. The summed E-state index contributed by atoms with van der Waals surface area (Å²) >= 11 is 0. The van der Waals surface area contributed by atoms with Crippen LogP contribution < -0.4 is 9.21 Å². The number of carbonyl (C=O) groups excluding carboxylic acids is 1. The average Bonchev–Trinajstić information content (AvgIpc) is 2.79. The van der Waals surface area contributed by atoms with Gasteiger partial charge in [-0.1, -0.05) is 49.4 Å². The monoisotopic (exact) mass is 420 g/mol. The normalized spacial score (nSPS) is 16.1. The van der Waals surface area contributed by atoms with Gasteiger partial charge in [-0.3, -0.25) is 9.10 Å². The van der Waals surface area contributed by atoms with Crippen molar-refractivity contribution in [1.29, 1.82) is 0 Å². The highest BCUT2D eigenvalue weighted by Gasteiger charge is 2.28. The lowest BCUT2D eigenvalue weighted by Gasteiger charge is -2.33. The van der Waals surface area contributed by atoms with Gasteiger partial charge in [0.25, 0.3) is 15.9 Å². The number of benzene rings is 3. The smallest absolute Gasteiger partial charge is 0.264 e. The van der Waals surface area contributed by atoms with Gasteiger partial charge in [0.05, 0.1) is 10.6 Å².